The fourth-order valence-electron chi connectivity index (χ4n) is 1.58. The Morgan fingerprint density at radius 3 is 2.89 bits per heavy atom. The van der Waals surface area contributed by atoms with Gasteiger partial charge in [0.15, 0.2) is 5.82 Å². The molecule has 0 saturated heterocycles. The summed E-state index contributed by atoms with van der Waals surface area (Å²) in [6.45, 7) is 2.02. The zero-order chi connectivity index (χ0) is 12.6. The fraction of sp³-hybridized carbons (Fsp3) is 0.385. The van der Waals surface area contributed by atoms with Crippen molar-refractivity contribution in [2.45, 2.75) is 13.0 Å². The Kier molecular flexibility index (Phi) is 4.87. The lowest BCUT2D eigenvalue weighted by Gasteiger charge is -1.98. The lowest BCUT2D eigenvalue weighted by atomic mass is 10.1. The van der Waals surface area contributed by atoms with E-state index < -0.39 is 0 Å². The van der Waals surface area contributed by atoms with Crippen molar-refractivity contribution in [3.63, 3.8) is 0 Å². The van der Waals surface area contributed by atoms with Gasteiger partial charge in [0.05, 0.1) is 13.2 Å². The summed E-state index contributed by atoms with van der Waals surface area (Å²) < 4.78 is 10.1. The van der Waals surface area contributed by atoms with Gasteiger partial charge in [0.25, 0.3) is 0 Å². The molecule has 1 aromatic heterocycles. The maximum atomic E-state index is 5.15. The molecule has 0 aliphatic carbocycles. The lowest BCUT2D eigenvalue weighted by molar-refractivity contribution is 0.197. The van der Waals surface area contributed by atoms with Gasteiger partial charge >= 0.3 is 0 Å². The van der Waals surface area contributed by atoms with Gasteiger partial charge in [0.1, 0.15) is 0 Å². The molecule has 2 rings (SSSR count). The molecule has 0 saturated carbocycles. The molecular weight excluding hydrogens is 230 g/mol. The van der Waals surface area contributed by atoms with Crippen LogP contribution < -0.4 is 5.32 Å². The van der Waals surface area contributed by atoms with Crippen LogP contribution in [0, 0.1) is 0 Å². The van der Waals surface area contributed by atoms with Gasteiger partial charge in [-0.15, -0.1) is 0 Å². The average molecular weight is 247 g/mol. The van der Waals surface area contributed by atoms with E-state index in [9.17, 15) is 0 Å². The zero-order valence-electron chi connectivity index (χ0n) is 10.4. The molecule has 0 fully saturated rings. The minimum atomic E-state index is 0.575. The first-order valence-electron chi connectivity index (χ1n) is 5.93. The van der Waals surface area contributed by atoms with E-state index in [4.69, 9.17) is 9.26 Å². The number of aromatic nitrogens is 2. The van der Waals surface area contributed by atoms with Gasteiger partial charge in [-0.2, -0.15) is 4.98 Å². The van der Waals surface area contributed by atoms with E-state index in [1.54, 1.807) is 7.11 Å². The van der Waals surface area contributed by atoms with Crippen molar-refractivity contribution in [2.24, 2.45) is 0 Å². The number of ether oxygens (including phenoxy) is 1. The molecule has 96 valence electrons. The van der Waals surface area contributed by atoms with E-state index >= 15 is 0 Å². The normalized spacial score (nSPS) is 10.7. The predicted molar refractivity (Wildman–Crippen MR) is 67.1 cm³/mol. The molecule has 5 heteroatoms. The Hall–Kier alpha value is -1.72. The van der Waals surface area contributed by atoms with E-state index in [0.29, 0.717) is 31.3 Å². The largest absolute Gasteiger partial charge is 0.383 e. The predicted octanol–water partition coefficient (Wildman–Crippen LogP) is 1.40. The number of rotatable bonds is 7. The maximum Gasteiger partial charge on any atom is 0.240 e. The van der Waals surface area contributed by atoms with Crippen LogP contribution in [0.5, 0.6) is 0 Å². The van der Waals surface area contributed by atoms with Crippen molar-refractivity contribution < 1.29 is 9.26 Å². The van der Waals surface area contributed by atoms with E-state index in [2.05, 4.69) is 15.5 Å². The molecule has 0 bridgehead atoms. The molecule has 0 spiro atoms. The monoisotopic (exact) mass is 247 g/mol. The highest BCUT2D eigenvalue weighted by atomic mass is 16.5. The average Bonchev–Trinajstić information content (AvgIpc) is 2.84. The third-order valence-corrected chi connectivity index (χ3v) is 2.47. The first-order valence-corrected chi connectivity index (χ1v) is 5.93. The van der Waals surface area contributed by atoms with Gasteiger partial charge in [-0.05, 0) is 5.56 Å². The van der Waals surface area contributed by atoms with Gasteiger partial charge in [-0.1, -0.05) is 35.5 Å². The van der Waals surface area contributed by atoms with Gasteiger partial charge in [0, 0.05) is 20.1 Å². The van der Waals surface area contributed by atoms with Crippen molar-refractivity contribution in [2.75, 3.05) is 20.3 Å². The maximum absolute atomic E-state index is 5.15. The summed E-state index contributed by atoms with van der Waals surface area (Å²) in [5, 5.41) is 7.11. The molecule has 1 N–H and O–H groups in total. The third-order valence-electron chi connectivity index (χ3n) is 2.47. The van der Waals surface area contributed by atoms with Gasteiger partial charge in [-0.25, -0.2) is 0 Å². The number of nitrogens with one attached hydrogen (secondary N) is 1. The first-order chi connectivity index (χ1) is 8.88. The lowest BCUT2D eigenvalue weighted by Crippen LogP contribution is -2.18. The van der Waals surface area contributed by atoms with Crippen molar-refractivity contribution in [1.82, 2.24) is 15.5 Å². The van der Waals surface area contributed by atoms with E-state index in [0.717, 1.165) is 6.54 Å². The quantitative estimate of drug-likeness (QED) is 0.749. The van der Waals surface area contributed by atoms with Crippen LogP contribution in [0.1, 0.15) is 17.3 Å². The smallest absolute Gasteiger partial charge is 0.240 e. The van der Waals surface area contributed by atoms with Crippen LogP contribution in [0.15, 0.2) is 34.9 Å². The molecule has 0 amide bonds. The Morgan fingerprint density at radius 1 is 1.28 bits per heavy atom. The molecule has 0 radical (unpaired) electrons. The molecule has 2 aromatic rings. The number of benzene rings is 1. The Labute approximate surface area is 106 Å². The third kappa shape index (κ3) is 3.94. The van der Waals surface area contributed by atoms with Crippen LogP contribution in [0.3, 0.4) is 0 Å². The summed E-state index contributed by atoms with van der Waals surface area (Å²) >= 11 is 0. The second-order valence-corrected chi connectivity index (χ2v) is 3.94. The minimum absolute atomic E-state index is 0.575. The zero-order valence-corrected chi connectivity index (χ0v) is 10.4. The summed E-state index contributed by atoms with van der Waals surface area (Å²) in [4.78, 5) is 4.32. The van der Waals surface area contributed by atoms with Crippen LogP contribution in [0.2, 0.25) is 0 Å². The van der Waals surface area contributed by atoms with Crippen LogP contribution >= 0.6 is 0 Å². The summed E-state index contributed by atoms with van der Waals surface area (Å²) in [7, 11) is 1.67. The number of methoxy groups -OCH3 is 1. The Bertz CT molecular complexity index is 456. The summed E-state index contributed by atoms with van der Waals surface area (Å²) in [6.07, 6.45) is 0.697. The molecular formula is C13H17N3O2. The molecule has 1 heterocycles. The standard InChI is InChI=1S/C13H17N3O2/c1-17-8-7-14-10-13-15-12(16-18-13)9-11-5-3-2-4-6-11/h2-6,14H,7-10H2,1H3. The number of nitrogens with zero attached hydrogens (tertiary/aromatic N) is 2. The Balaban J connectivity index is 1.83. The van der Waals surface area contributed by atoms with E-state index in [1.165, 1.54) is 5.56 Å². The van der Waals surface area contributed by atoms with Crippen molar-refractivity contribution in [3.05, 3.63) is 47.6 Å². The van der Waals surface area contributed by atoms with Gasteiger partial charge in [-0.3, -0.25) is 0 Å². The molecule has 0 aliphatic heterocycles. The number of hydrogen-bond donors (Lipinski definition) is 1. The van der Waals surface area contributed by atoms with Crippen molar-refractivity contribution in [3.8, 4) is 0 Å². The molecule has 18 heavy (non-hydrogen) atoms. The first kappa shape index (κ1) is 12.7. The van der Waals surface area contributed by atoms with Crippen LogP contribution in [0.4, 0.5) is 0 Å². The second-order valence-electron chi connectivity index (χ2n) is 3.94. The topological polar surface area (TPSA) is 60.2 Å². The summed E-state index contributed by atoms with van der Waals surface area (Å²) in [5.74, 6) is 1.32. The van der Waals surface area contributed by atoms with Gasteiger partial charge in [0.2, 0.25) is 5.89 Å². The van der Waals surface area contributed by atoms with Crippen molar-refractivity contribution in [1.29, 1.82) is 0 Å². The minimum Gasteiger partial charge on any atom is -0.383 e. The SMILES string of the molecule is COCCNCc1nc(Cc2ccccc2)no1. The van der Waals surface area contributed by atoms with Gasteiger partial charge < -0.3 is 14.6 Å². The van der Waals surface area contributed by atoms with Crippen LogP contribution in [-0.2, 0) is 17.7 Å². The summed E-state index contributed by atoms with van der Waals surface area (Å²) in [5.41, 5.74) is 1.18. The fourth-order valence-corrected chi connectivity index (χ4v) is 1.58. The highest BCUT2D eigenvalue weighted by Gasteiger charge is 2.06. The molecule has 0 aliphatic rings. The number of hydrogen-bond acceptors (Lipinski definition) is 5. The van der Waals surface area contributed by atoms with E-state index in [1.807, 2.05) is 30.3 Å². The highest BCUT2D eigenvalue weighted by Crippen LogP contribution is 2.06. The summed E-state index contributed by atoms with van der Waals surface area (Å²) in [6, 6.07) is 10.1. The second kappa shape index (κ2) is 6.88. The molecule has 0 atom stereocenters. The molecule has 5 nitrogen and oxygen atoms in total. The van der Waals surface area contributed by atoms with Crippen LogP contribution in [0.25, 0.3) is 0 Å². The van der Waals surface area contributed by atoms with Crippen molar-refractivity contribution >= 4 is 0 Å². The van der Waals surface area contributed by atoms with Crippen LogP contribution in [-0.4, -0.2) is 30.4 Å². The molecule has 1 aromatic carbocycles. The van der Waals surface area contributed by atoms with E-state index in [-0.39, 0.29) is 0 Å². The Morgan fingerprint density at radius 2 is 2.11 bits per heavy atom. The highest BCUT2D eigenvalue weighted by molar-refractivity contribution is 5.18. The molecule has 0 unspecified atom stereocenters.